The Bertz CT molecular complexity index is 1490. The molecule has 2 fully saturated rings. The molecule has 2 aliphatic heterocycles. The molecular formula is C41H58O9. The number of ketones is 1. The summed E-state index contributed by atoms with van der Waals surface area (Å²) in [6.45, 7) is 15.5. The van der Waals surface area contributed by atoms with Crippen molar-refractivity contribution in [1.29, 1.82) is 0 Å². The van der Waals surface area contributed by atoms with Gasteiger partial charge < -0.3 is 29.5 Å². The van der Waals surface area contributed by atoms with Gasteiger partial charge in [-0.25, -0.2) is 9.59 Å². The summed E-state index contributed by atoms with van der Waals surface area (Å²) in [5.41, 5.74) is -0.131. The van der Waals surface area contributed by atoms with Crippen molar-refractivity contribution in [1.82, 2.24) is 0 Å². The molecule has 2 heterocycles. The van der Waals surface area contributed by atoms with E-state index < -0.39 is 41.1 Å². The fourth-order valence-electron chi connectivity index (χ4n) is 8.29. The summed E-state index contributed by atoms with van der Waals surface area (Å²) in [5.74, 6) is -3.15. The quantitative estimate of drug-likeness (QED) is 0.129. The molecule has 0 amide bonds. The first-order valence-corrected chi connectivity index (χ1v) is 18.5. The Labute approximate surface area is 297 Å². The van der Waals surface area contributed by atoms with Crippen LogP contribution in [0.4, 0.5) is 0 Å². The van der Waals surface area contributed by atoms with Gasteiger partial charge >= 0.3 is 11.9 Å². The first-order valence-electron chi connectivity index (χ1n) is 18.5. The van der Waals surface area contributed by atoms with E-state index >= 15 is 0 Å². The van der Waals surface area contributed by atoms with Gasteiger partial charge in [0.05, 0.1) is 41.2 Å². The van der Waals surface area contributed by atoms with E-state index in [4.69, 9.17) is 14.2 Å². The molecule has 0 saturated carbocycles. The summed E-state index contributed by atoms with van der Waals surface area (Å²) < 4.78 is 18.9. The summed E-state index contributed by atoms with van der Waals surface area (Å²) in [6.07, 6.45) is 3.03. The van der Waals surface area contributed by atoms with Gasteiger partial charge in [0.1, 0.15) is 17.1 Å². The van der Waals surface area contributed by atoms with Crippen molar-refractivity contribution < 1.29 is 43.9 Å². The van der Waals surface area contributed by atoms with Crippen LogP contribution in [0.25, 0.3) is 0 Å². The molecule has 9 heteroatoms. The number of aryl methyl sites for hydroxylation is 2. The molecule has 0 aromatic heterocycles. The molecule has 3 N–H and O–H groups in total. The maximum absolute atomic E-state index is 14.1. The number of hydrogen-bond donors (Lipinski definition) is 3. The molecule has 2 aromatic carbocycles. The zero-order valence-electron chi connectivity index (χ0n) is 31.1. The van der Waals surface area contributed by atoms with Crippen LogP contribution in [-0.4, -0.2) is 68.7 Å². The van der Waals surface area contributed by atoms with Crippen LogP contribution in [0.5, 0.6) is 5.75 Å². The third-order valence-corrected chi connectivity index (χ3v) is 11.8. The maximum atomic E-state index is 14.1. The molecule has 0 bridgehead atoms. The normalized spacial score (nSPS) is 29.2. The van der Waals surface area contributed by atoms with E-state index in [1.165, 1.54) is 0 Å². The number of carbonyl (C=O) groups excluding carboxylic acids is 2. The van der Waals surface area contributed by atoms with Gasteiger partial charge in [-0.2, -0.15) is 0 Å². The Kier molecular flexibility index (Phi) is 13.1. The van der Waals surface area contributed by atoms with Crippen molar-refractivity contribution in [2.75, 3.05) is 0 Å². The lowest BCUT2D eigenvalue weighted by atomic mass is 9.76. The van der Waals surface area contributed by atoms with Crippen LogP contribution in [0.2, 0.25) is 0 Å². The topological polar surface area (TPSA) is 140 Å². The molecule has 2 aliphatic rings. The van der Waals surface area contributed by atoms with Gasteiger partial charge in [0.15, 0.2) is 0 Å². The first kappa shape index (κ1) is 39.7. The zero-order chi connectivity index (χ0) is 37.0. The third-order valence-electron chi connectivity index (χ3n) is 11.8. The molecular weight excluding hydrogens is 636 g/mol. The van der Waals surface area contributed by atoms with Gasteiger partial charge in [0.2, 0.25) is 0 Å². The van der Waals surface area contributed by atoms with Crippen LogP contribution in [0, 0.1) is 30.6 Å². The number of rotatable bonds is 15. The molecule has 10 atom stereocenters. The molecule has 9 nitrogen and oxygen atoms in total. The molecule has 2 aromatic rings. The van der Waals surface area contributed by atoms with Crippen LogP contribution in [0.15, 0.2) is 42.5 Å². The number of esters is 1. The third kappa shape index (κ3) is 8.17. The molecule has 4 rings (SSSR count). The highest BCUT2D eigenvalue weighted by Crippen LogP contribution is 2.48. The fourth-order valence-corrected chi connectivity index (χ4v) is 8.29. The highest BCUT2D eigenvalue weighted by atomic mass is 16.6. The minimum Gasteiger partial charge on any atom is -0.478 e. The highest BCUT2D eigenvalue weighted by Gasteiger charge is 2.55. The van der Waals surface area contributed by atoms with E-state index in [0.717, 1.165) is 12.8 Å². The lowest BCUT2D eigenvalue weighted by Crippen LogP contribution is -2.55. The average molecular weight is 695 g/mol. The second-order valence-electron chi connectivity index (χ2n) is 15.0. The van der Waals surface area contributed by atoms with Crippen LogP contribution in [0.3, 0.4) is 0 Å². The number of hydrogen-bond acceptors (Lipinski definition) is 8. The Morgan fingerprint density at radius 1 is 1.02 bits per heavy atom. The number of ether oxygens (including phenoxy) is 3. The van der Waals surface area contributed by atoms with Gasteiger partial charge in [-0.1, -0.05) is 71.9 Å². The number of carboxylic acid groups (broad SMARTS) is 1. The lowest BCUT2D eigenvalue weighted by Gasteiger charge is -2.47. The van der Waals surface area contributed by atoms with Crippen molar-refractivity contribution in [3.8, 4) is 5.75 Å². The summed E-state index contributed by atoms with van der Waals surface area (Å²) in [5, 5.41) is 32.6. The number of benzene rings is 2. The highest BCUT2D eigenvalue weighted by molar-refractivity contribution is 5.97. The minimum absolute atomic E-state index is 0.00867. The van der Waals surface area contributed by atoms with E-state index in [2.05, 4.69) is 13.8 Å². The van der Waals surface area contributed by atoms with Crippen molar-refractivity contribution in [2.45, 2.75) is 142 Å². The smallest absolute Gasteiger partial charge is 0.343 e. The molecule has 0 radical (unpaired) electrons. The number of Topliss-reactive ketones (excluding diaryl/α,β-unsaturated/α-hetero) is 1. The predicted octanol–water partition coefficient (Wildman–Crippen LogP) is 7.36. The van der Waals surface area contributed by atoms with Gasteiger partial charge in [-0.3, -0.25) is 4.79 Å². The Balaban J connectivity index is 1.44. The first-order chi connectivity index (χ1) is 23.6. The molecule has 2 saturated heterocycles. The Morgan fingerprint density at radius 3 is 2.28 bits per heavy atom. The largest absolute Gasteiger partial charge is 0.478 e. The molecule has 0 aliphatic carbocycles. The van der Waals surface area contributed by atoms with Crippen LogP contribution < -0.4 is 4.74 Å². The number of carbonyl (C=O) groups is 3. The summed E-state index contributed by atoms with van der Waals surface area (Å²) in [4.78, 5) is 39.4. The second kappa shape index (κ2) is 16.5. The van der Waals surface area contributed by atoms with Crippen LogP contribution in [-0.2, 0) is 20.7 Å². The standard InChI is InChI=1S/C41H58O9/c1-9-31(36-26(6)23-41(11-3,50-36)32-21-22-40(47,10-2)28(8)48-32)35(43)27(7)34(42)24(4)17-19-29-20-18-25(5)37(33(29)38(44)45)49-39(46)30-15-13-12-14-16-30/h12-16,18,20,24,26-28,31-32,34,36,42,47H,9-11,17,19,21-23H2,1-8H3,(H,44,45)/t24-,26+,27+,28+,31+,32-,34+,36+,40-,41+/m1/s1. The average Bonchev–Trinajstić information content (AvgIpc) is 3.45. The number of aliphatic hydroxyl groups excluding tert-OH is 1. The SMILES string of the molecule is CC[C@@H](C(=O)[C@@H](C)[C@@H](O)[C@H](C)CCc1ccc(C)c(OC(=O)c2ccccc2)c1C(=O)O)[C@H]1O[C@](CC)([C@H]2CC[C@](O)(CC)[C@H](C)O2)C[C@@H]1C. The van der Waals surface area contributed by atoms with Gasteiger partial charge in [0.25, 0.3) is 0 Å². The zero-order valence-corrected chi connectivity index (χ0v) is 31.1. The van der Waals surface area contributed by atoms with Crippen LogP contribution >= 0.6 is 0 Å². The summed E-state index contributed by atoms with van der Waals surface area (Å²) in [6, 6.07) is 11.9. The Morgan fingerprint density at radius 2 is 1.70 bits per heavy atom. The Hall–Kier alpha value is -3.11. The van der Waals surface area contributed by atoms with E-state index in [-0.39, 0.29) is 47.2 Å². The monoisotopic (exact) mass is 694 g/mol. The minimum atomic E-state index is -1.20. The molecule has 0 unspecified atom stereocenters. The van der Waals surface area contributed by atoms with E-state index in [1.54, 1.807) is 56.3 Å². The predicted molar refractivity (Wildman–Crippen MR) is 191 cm³/mol. The van der Waals surface area contributed by atoms with Crippen LogP contribution in [0.1, 0.15) is 125 Å². The number of aromatic carboxylic acids is 1. The molecule has 276 valence electrons. The maximum Gasteiger partial charge on any atom is 0.343 e. The molecule has 0 spiro atoms. The lowest BCUT2D eigenvalue weighted by molar-refractivity contribution is -0.229. The summed E-state index contributed by atoms with van der Waals surface area (Å²) >= 11 is 0. The van der Waals surface area contributed by atoms with Crippen molar-refractivity contribution in [3.05, 3.63) is 64.7 Å². The van der Waals surface area contributed by atoms with Crippen molar-refractivity contribution in [3.63, 3.8) is 0 Å². The number of aliphatic hydroxyl groups is 2. The van der Waals surface area contributed by atoms with E-state index in [0.29, 0.717) is 55.2 Å². The fraction of sp³-hybridized carbons (Fsp3) is 0.634. The van der Waals surface area contributed by atoms with E-state index in [9.17, 15) is 29.7 Å². The van der Waals surface area contributed by atoms with Crippen molar-refractivity contribution >= 4 is 17.7 Å². The van der Waals surface area contributed by atoms with E-state index in [1.807, 2.05) is 27.7 Å². The van der Waals surface area contributed by atoms with Gasteiger partial charge in [0, 0.05) is 11.8 Å². The molecule has 50 heavy (non-hydrogen) atoms. The van der Waals surface area contributed by atoms with Crippen molar-refractivity contribution in [2.24, 2.45) is 23.7 Å². The summed E-state index contributed by atoms with van der Waals surface area (Å²) in [7, 11) is 0. The van der Waals surface area contributed by atoms with Gasteiger partial charge in [-0.05, 0) is 100 Å². The second-order valence-corrected chi connectivity index (χ2v) is 15.0. The van der Waals surface area contributed by atoms with Gasteiger partial charge in [-0.15, -0.1) is 0 Å². The number of carboxylic acids is 1.